The van der Waals surface area contributed by atoms with Gasteiger partial charge in [-0.05, 0) is 19.8 Å². The molecule has 1 fully saturated rings. The lowest BCUT2D eigenvalue weighted by molar-refractivity contribution is -0.139. The third-order valence-corrected chi connectivity index (χ3v) is 4.71. The minimum Gasteiger partial charge on any atom is -0.465 e. The number of esters is 1. The molecule has 6 heteroatoms. The highest BCUT2D eigenvalue weighted by atomic mass is 32.2. The second-order valence-corrected chi connectivity index (χ2v) is 6.08. The molecule has 5 nitrogen and oxygen atoms in total. The van der Waals surface area contributed by atoms with Crippen LogP contribution in [-0.2, 0) is 14.3 Å². The van der Waals surface area contributed by atoms with Crippen molar-refractivity contribution in [3.63, 3.8) is 0 Å². The third kappa shape index (κ3) is 3.35. The van der Waals surface area contributed by atoms with Crippen molar-refractivity contribution in [2.24, 2.45) is 16.8 Å². The van der Waals surface area contributed by atoms with Gasteiger partial charge in [-0.25, -0.2) is 4.99 Å². The number of carbonyl (C=O) groups is 2. The monoisotopic (exact) mass is 306 g/mol. The molecule has 2 aliphatic rings. The summed E-state index contributed by atoms with van der Waals surface area (Å²) in [6.45, 7) is 3.99. The number of allylic oxidation sites excluding steroid dienone is 1. The molecule has 1 unspecified atom stereocenters. The number of ketones is 1. The van der Waals surface area contributed by atoms with Crippen molar-refractivity contribution in [3.05, 3.63) is 10.6 Å². The van der Waals surface area contributed by atoms with Crippen molar-refractivity contribution in [2.45, 2.75) is 33.1 Å². The Morgan fingerprint density at radius 2 is 2.29 bits per heavy atom. The first-order chi connectivity index (χ1) is 10.1. The molecular weight excluding hydrogens is 288 g/mol. The summed E-state index contributed by atoms with van der Waals surface area (Å²) in [5.74, 6) is -0.409. The van der Waals surface area contributed by atoms with Crippen LogP contribution in [0.5, 0.6) is 0 Å². The number of carbonyl (C=O) groups excluding carboxylic acids is 2. The van der Waals surface area contributed by atoms with Crippen LogP contribution in [-0.4, -0.2) is 29.8 Å². The molecule has 1 aliphatic heterocycles. The summed E-state index contributed by atoms with van der Waals surface area (Å²) in [5, 5.41) is 9.93. The summed E-state index contributed by atoms with van der Waals surface area (Å²) < 4.78 is 4.88. The van der Waals surface area contributed by atoms with Crippen molar-refractivity contribution in [2.75, 3.05) is 12.4 Å². The van der Waals surface area contributed by atoms with Gasteiger partial charge in [0.05, 0.1) is 29.9 Å². The molecule has 0 aromatic carbocycles. The van der Waals surface area contributed by atoms with Crippen LogP contribution < -0.4 is 0 Å². The minimum absolute atomic E-state index is 0.135. The van der Waals surface area contributed by atoms with Crippen LogP contribution in [0.25, 0.3) is 0 Å². The van der Waals surface area contributed by atoms with Gasteiger partial charge >= 0.3 is 5.97 Å². The Bertz CT molecular complexity index is 560. The number of Topliss-reactive ketones (excluding diaryl/α,β-unsaturated/α-hetero) is 1. The summed E-state index contributed by atoms with van der Waals surface area (Å²) in [7, 11) is 0. The van der Waals surface area contributed by atoms with Crippen LogP contribution in [0.15, 0.2) is 15.6 Å². The molecule has 0 aromatic heterocycles. The summed E-state index contributed by atoms with van der Waals surface area (Å²) >= 11 is 1.22. The van der Waals surface area contributed by atoms with Crippen LogP contribution in [0.3, 0.4) is 0 Å². The smallest absolute Gasteiger partial charge is 0.316 e. The summed E-state index contributed by atoms with van der Waals surface area (Å²) in [5.41, 5.74) is 1.37. The molecule has 1 saturated carbocycles. The highest BCUT2D eigenvalue weighted by Gasteiger charge is 2.38. The second-order valence-electron chi connectivity index (χ2n) is 5.11. The van der Waals surface area contributed by atoms with Gasteiger partial charge in [0.2, 0.25) is 0 Å². The normalized spacial score (nSPS) is 25.0. The lowest BCUT2D eigenvalue weighted by Crippen LogP contribution is -2.37. The SMILES string of the molecule is CCOC(=O)CSC1=C(C#N)[C@@H](C)C2C(=O)CCCC2=N1. The molecule has 0 bridgehead atoms. The minimum atomic E-state index is -0.318. The topological polar surface area (TPSA) is 79.5 Å². The zero-order valence-electron chi connectivity index (χ0n) is 12.2. The van der Waals surface area contributed by atoms with Gasteiger partial charge in [0.1, 0.15) is 10.8 Å². The first-order valence-corrected chi connectivity index (χ1v) is 8.09. The van der Waals surface area contributed by atoms with Crippen molar-refractivity contribution in [1.82, 2.24) is 0 Å². The van der Waals surface area contributed by atoms with Crippen molar-refractivity contribution >= 4 is 29.2 Å². The average molecular weight is 306 g/mol. The van der Waals surface area contributed by atoms with Gasteiger partial charge in [0.25, 0.3) is 0 Å². The van der Waals surface area contributed by atoms with Crippen molar-refractivity contribution < 1.29 is 14.3 Å². The van der Waals surface area contributed by atoms with Gasteiger partial charge in [-0.2, -0.15) is 5.26 Å². The number of ether oxygens (including phenoxy) is 1. The molecule has 0 N–H and O–H groups in total. The lowest BCUT2D eigenvalue weighted by atomic mass is 9.74. The Morgan fingerprint density at radius 3 is 2.95 bits per heavy atom. The molecule has 2 rings (SSSR count). The maximum atomic E-state index is 12.1. The van der Waals surface area contributed by atoms with E-state index in [0.717, 1.165) is 18.6 Å². The van der Waals surface area contributed by atoms with Gasteiger partial charge < -0.3 is 4.74 Å². The largest absolute Gasteiger partial charge is 0.465 e. The van der Waals surface area contributed by atoms with E-state index in [1.165, 1.54) is 11.8 Å². The Labute approximate surface area is 128 Å². The quantitative estimate of drug-likeness (QED) is 0.745. The fraction of sp³-hybridized carbons (Fsp3) is 0.600. The van der Waals surface area contributed by atoms with Gasteiger partial charge in [0, 0.05) is 18.1 Å². The van der Waals surface area contributed by atoms with Gasteiger partial charge in [-0.3, -0.25) is 9.59 Å². The maximum Gasteiger partial charge on any atom is 0.316 e. The molecular formula is C15H18N2O3S. The number of aliphatic imine (C=N–C) groups is 1. The van der Waals surface area contributed by atoms with Crippen LogP contribution in [0, 0.1) is 23.2 Å². The number of thioether (sulfide) groups is 1. The predicted molar refractivity (Wildman–Crippen MR) is 80.7 cm³/mol. The molecule has 0 saturated heterocycles. The van der Waals surface area contributed by atoms with E-state index in [1.807, 2.05) is 6.92 Å². The van der Waals surface area contributed by atoms with E-state index in [9.17, 15) is 14.9 Å². The van der Waals surface area contributed by atoms with Crippen molar-refractivity contribution in [3.8, 4) is 6.07 Å². The number of hydrogen-bond acceptors (Lipinski definition) is 6. The second kappa shape index (κ2) is 6.90. The van der Waals surface area contributed by atoms with E-state index in [2.05, 4.69) is 11.1 Å². The van der Waals surface area contributed by atoms with E-state index in [0.29, 0.717) is 23.6 Å². The predicted octanol–water partition coefficient (Wildman–Crippen LogP) is 2.48. The summed E-state index contributed by atoms with van der Waals surface area (Å²) in [6, 6.07) is 2.16. The first-order valence-electron chi connectivity index (χ1n) is 7.11. The number of rotatable bonds is 4. The molecule has 0 spiro atoms. The first kappa shape index (κ1) is 15.8. The fourth-order valence-corrected chi connectivity index (χ4v) is 3.68. The summed E-state index contributed by atoms with van der Waals surface area (Å²) in [4.78, 5) is 28.0. The molecule has 0 radical (unpaired) electrons. The van der Waals surface area contributed by atoms with E-state index in [4.69, 9.17) is 4.74 Å². The lowest BCUT2D eigenvalue weighted by Gasteiger charge is -2.32. The average Bonchev–Trinajstić information content (AvgIpc) is 2.45. The van der Waals surface area contributed by atoms with E-state index in [-0.39, 0.29) is 29.3 Å². The standard InChI is InChI=1S/C15H18N2O3S/c1-3-20-13(19)8-21-15-10(7-16)9(2)14-11(17-15)5-4-6-12(14)18/h9,14H,3-6,8H2,1-2H3/t9-,14?/m1/s1. The maximum absolute atomic E-state index is 12.1. The number of nitriles is 1. The number of hydrogen-bond donors (Lipinski definition) is 0. The molecule has 1 aliphatic carbocycles. The van der Waals surface area contributed by atoms with Crippen LogP contribution in [0.4, 0.5) is 0 Å². The van der Waals surface area contributed by atoms with E-state index >= 15 is 0 Å². The van der Waals surface area contributed by atoms with E-state index < -0.39 is 0 Å². The molecule has 1 heterocycles. The number of fused-ring (bicyclic) bond motifs is 1. The zero-order chi connectivity index (χ0) is 15.4. The molecule has 0 aromatic rings. The number of nitrogens with zero attached hydrogens (tertiary/aromatic N) is 2. The van der Waals surface area contributed by atoms with Gasteiger partial charge in [-0.1, -0.05) is 18.7 Å². The van der Waals surface area contributed by atoms with Crippen LogP contribution in [0.1, 0.15) is 33.1 Å². The van der Waals surface area contributed by atoms with Crippen LogP contribution >= 0.6 is 11.8 Å². The Hall–Kier alpha value is -1.61. The highest BCUT2D eigenvalue weighted by Crippen LogP contribution is 2.39. The van der Waals surface area contributed by atoms with Crippen molar-refractivity contribution in [1.29, 1.82) is 5.26 Å². The van der Waals surface area contributed by atoms with Gasteiger partial charge in [0.15, 0.2) is 0 Å². The molecule has 112 valence electrons. The van der Waals surface area contributed by atoms with Crippen LogP contribution in [0.2, 0.25) is 0 Å². The highest BCUT2D eigenvalue weighted by molar-refractivity contribution is 8.03. The van der Waals surface area contributed by atoms with E-state index in [1.54, 1.807) is 6.92 Å². The molecule has 2 atom stereocenters. The fourth-order valence-electron chi connectivity index (χ4n) is 2.78. The molecule has 0 amide bonds. The van der Waals surface area contributed by atoms with Gasteiger partial charge in [-0.15, -0.1) is 0 Å². The Balaban J connectivity index is 2.20. The summed E-state index contributed by atoms with van der Waals surface area (Å²) in [6.07, 6.45) is 2.18. The Morgan fingerprint density at radius 1 is 1.52 bits per heavy atom. The zero-order valence-corrected chi connectivity index (χ0v) is 13.0. The Kier molecular flexibility index (Phi) is 5.18. The molecule has 21 heavy (non-hydrogen) atoms. The third-order valence-electron chi connectivity index (χ3n) is 3.75.